The third-order valence-corrected chi connectivity index (χ3v) is 5.55. The number of aromatic nitrogens is 4. The summed E-state index contributed by atoms with van der Waals surface area (Å²) in [6.45, 7) is 0. The molecule has 2 heterocycles. The molecule has 0 aliphatic rings. The lowest BCUT2D eigenvalue weighted by molar-refractivity contribution is -0.117. The minimum absolute atomic E-state index is 0.205. The second-order valence-electron chi connectivity index (χ2n) is 7.76. The molecule has 2 aromatic heterocycles. The number of carbonyl (C=O) groups excluding carboxylic acids is 1. The third kappa shape index (κ3) is 4.32. The van der Waals surface area contributed by atoms with E-state index in [1.165, 1.54) is 6.08 Å². The van der Waals surface area contributed by atoms with Gasteiger partial charge < -0.3 is 9.88 Å². The molecule has 5 rings (SSSR count). The SMILES string of the molecule is Cn1c(C(NC(=O)/C=C/c2cnn(-c3ccccc3)c2)c2ccccc2)nc2ccccc21. The molecule has 3 aromatic carbocycles. The Kier molecular flexibility index (Phi) is 5.55. The van der Waals surface area contributed by atoms with Gasteiger partial charge in [-0.15, -0.1) is 0 Å². The van der Waals surface area contributed by atoms with Crippen molar-refractivity contribution in [2.45, 2.75) is 6.04 Å². The lowest BCUT2D eigenvalue weighted by Gasteiger charge is -2.18. The number of fused-ring (bicyclic) bond motifs is 1. The topological polar surface area (TPSA) is 64.7 Å². The maximum absolute atomic E-state index is 12.9. The Hall–Kier alpha value is -4.45. The maximum atomic E-state index is 12.9. The normalized spacial score (nSPS) is 12.3. The van der Waals surface area contributed by atoms with Crippen molar-refractivity contribution in [1.29, 1.82) is 0 Å². The molecule has 0 saturated carbocycles. The highest BCUT2D eigenvalue weighted by Crippen LogP contribution is 2.25. The Morgan fingerprint density at radius 3 is 2.39 bits per heavy atom. The van der Waals surface area contributed by atoms with Crippen molar-refractivity contribution in [2.75, 3.05) is 0 Å². The number of imidazole rings is 1. The van der Waals surface area contributed by atoms with Crippen molar-refractivity contribution in [3.8, 4) is 5.69 Å². The summed E-state index contributed by atoms with van der Waals surface area (Å²) >= 11 is 0. The van der Waals surface area contributed by atoms with Crippen LogP contribution in [0, 0.1) is 0 Å². The lowest BCUT2D eigenvalue weighted by Crippen LogP contribution is -2.29. The van der Waals surface area contributed by atoms with Crippen molar-refractivity contribution in [2.24, 2.45) is 7.05 Å². The average molecular weight is 434 g/mol. The molecule has 0 saturated heterocycles. The Labute approximate surface area is 191 Å². The fourth-order valence-electron chi connectivity index (χ4n) is 3.87. The van der Waals surface area contributed by atoms with Crippen molar-refractivity contribution in [1.82, 2.24) is 24.6 Å². The number of hydrogen-bond donors (Lipinski definition) is 1. The monoisotopic (exact) mass is 433 g/mol. The van der Waals surface area contributed by atoms with E-state index in [1.807, 2.05) is 103 Å². The molecule has 33 heavy (non-hydrogen) atoms. The van der Waals surface area contributed by atoms with Gasteiger partial charge >= 0.3 is 0 Å². The van der Waals surface area contributed by atoms with E-state index in [0.717, 1.165) is 33.7 Å². The van der Waals surface area contributed by atoms with Crippen LogP contribution in [0.15, 0.2) is 103 Å². The minimum Gasteiger partial charge on any atom is -0.339 e. The van der Waals surface area contributed by atoms with Gasteiger partial charge in [0.2, 0.25) is 5.91 Å². The summed E-state index contributed by atoms with van der Waals surface area (Å²) in [5.41, 5.74) is 4.69. The molecule has 6 nitrogen and oxygen atoms in total. The molecule has 1 atom stereocenters. The highest BCUT2D eigenvalue weighted by molar-refractivity contribution is 5.92. The second-order valence-corrected chi connectivity index (χ2v) is 7.76. The lowest BCUT2D eigenvalue weighted by atomic mass is 10.1. The number of aryl methyl sites for hydroxylation is 1. The molecule has 0 radical (unpaired) electrons. The number of nitrogens with zero attached hydrogens (tertiary/aromatic N) is 4. The molecule has 6 heteroatoms. The van der Waals surface area contributed by atoms with Gasteiger partial charge in [-0.1, -0.05) is 60.7 Å². The number of hydrogen-bond acceptors (Lipinski definition) is 3. The van der Waals surface area contributed by atoms with E-state index < -0.39 is 0 Å². The van der Waals surface area contributed by atoms with E-state index in [-0.39, 0.29) is 11.9 Å². The van der Waals surface area contributed by atoms with Gasteiger partial charge in [-0.3, -0.25) is 4.79 Å². The number of benzene rings is 3. The summed E-state index contributed by atoms with van der Waals surface area (Å²) in [4.78, 5) is 17.7. The molecular formula is C27H23N5O. The highest BCUT2D eigenvalue weighted by Gasteiger charge is 2.21. The number of rotatable bonds is 6. The van der Waals surface area contributed by atoms with Crippen molar-refractivity contribution in [3.63, 3.8) is 0 Å². The largest absolute Gasteiger partial charge is 0.339 e. The molecule has 5 aromatic rings. The predicted octanol–water partition coefficient (Wildman–Crippen LogP) is 4.68. The molecule has 0 fully saturated rings. The maximum Gasteiger partial charge on any atom is 0.244 e. The van der Waals surface area contributed by atoms with Gasteiger partial charge in [-0.05, 0) is 35.9 Å². The first-order chi connectivity index (χ1) is 16.2. The fraction of sp³-hybridized carbons (Fsp3) is 0.0741. The smallest absolute Gasteiger partial charge is 0.244 e. The summed E-state index contributed by atoms with van der Waals surface area (Å²) in [5.74, 6) is 0.574. The summed E-state index contributed by atoms with van der Waals surface area (Å²) < 4.78 is 3.81. The van der Waals surface area contributed by atoms with Crippen LogP contribution in [0.1, 0.15) is 23.0 Å². The van der Waals surface area contributed by atoms with Crippen LogP contribution < -0.4 is 5.32 Å². The van der Waals surface area contributed by atoms with E-state index in [9.17, 15) is 4.79 Å². The summed E-state index contributed by atoms with van der Waals surface area (Å²) in [5, 5.41) is 7.50. The average Bonchev–Trinajstić information content (AvgIpc) is 3.47. The highest BCUT2D eigenvalue weighted by atomic mass is 16.1. The standard InChI is InChI=1S/C27H23N5O/c1-31-24-15-9-8-14-23(24)29-27(31)26(21-10-4-2-5-11-21)30-25(33)17-16-20-18-28-32(19-20)22-12-6-3-7-13-22/h2-19,26H,1H3,(H,30,33)/b17-16+. The second kappa shape index (κ2) is 8.96. The Bertz CT molecular complexity index is 1420. The van der Waals surface area contributed by atoms with E-state index in [0.29, 0.717) is 0 Å². The molecule has 1 unspecified atom stereocenters. The molecular weight excluding hydrogens is 410 g/mol. The first-order valence-electron chi connectivity index (χ1n) is 10.7. The van der Waals surface area contributed by atoms with E-state index in [4.69, 9.17) is 4.98 Å². The zero-order chi connectivity index (χ0) is 22.6. The molecule has 0 aliphatic heterocycles. The van der Waals surface area contributed by atoms with Gasteiger partial charge in [0.05, 0.1) is 22.9 Å². The number of amides is 1. The Balaban J connectivity index is 1.40. The van der Waals surface area contributed by atoms with Gasteiger partial charge in [0.25, 0.3) is 0 Å². The van der Waals surface area contributed by atoms with E-state index in [2.05, 4.69) is 10.4 Å². The zero-order valence-corrected chi connectivity index (χ0v) is 18.2. The van der Waals surface area contributed by atoms with Crippen LogP contribution in [-0.2, 0) is 11.8 Å². The van der Waals surface area contributed by atoms with Crippen molar-refractivity contribution < 1.29 is 4.79 Å². The predicted molar refractivity (Wildman–Crippen MR) is 130 cm³/mol. The Morgan fingerprint density at radius 2 is 1.64 bits per heavy atom. The van der Waals surface area contributed by atoms with Gasteiger partial charge in [0.1, 0.15) is 11.9 Å². The number of para-hydroxylation sites is 3. The van der Waals surface area contributed by atoms with Gasteiger partial charge in [-0.2, -0.15) is 5.10 Å². The minimum atomic E-state index is -0.382. The summed E-state index contributed by atoms with van der Waals surface area (Å²) in [6.07, 6.45) is 6.92. The summed E-state index contributed by atoms with van der Waals surface area (Å²) in [6, 6.07) is 27.3. The van der Waals surface area contributed by atoms with Gasteiger partial charge in [0, 0.05) is 24.9 Å². The molecule has 1 N–H and O–H groups in total. The molecule has 0 spiro atoms. The third-order valence-electron chi connectivity index (χ3n) is 5.55. The van der Waals surface area contributed by atoms with Crippen LogP contribution >= 0.6 is 0 Å². The van der Waals surface area contributed by atoms with Crippen LogP contribution in [-0.4, -0.2) is 25.2 Å². The van der Waals surface area contributed by atoms with Gasteiger partial charge in [-0.25, -0.2) is 9.67 Å². The van der Waals surface area contributed by atoms with E-state index >= 15 is 0 Å². The van der Waals surface area contributed by atoms with Crippen LogP contribution in [0.25, 0.3) is 22.8 Å². The van der Waals surface area contributed by atoms with Crippen LogP contribution in [0.3, 0.4) is 0 Å². The van der Waals surface area contributed by atoms with Crippen molar-refractivity contribution >= 4 is 23.0 Å². The first kappa shape index (κ1) is 20.5. The molecule has 0 bridgehead atoms. The van der Waals surface area contributed by atoms with Crippen LogP contribution in [0.4, 0.5) is 0 Å². The summed E-state index contributed by atoms with van der Waals surface area (Å²) in [7, 11) is 1.97. The van der Waals surface area contributed by atoms with Crippen LogP contribution in [0.2, 0.25) is 0 Å². The van der Waals surface area contributed by atoms with Crippen LogP contribution in [0.5, 0.6) is 0 Å². The number of carbonyl (C=O) groups is 1. The zero-order valence-electron chi connectivity index (χ0n) is 18.2. The van der Waals surface area contributed by atoms with E-state index in [1.54, 1.807) is 17.0 Å². The fourth-order valence-corrected chi connectivity index (χ4v) is 3.87. The Morgan fingerprint density at radius 1 is 0.939 bits per heavy atom. The van der Waals surface area contributed by atoms with Gasteiger partial charge in [0.15, 0.2) is 0 Å². The first-order valence-corrected chi connectivity index (χ1v) is 10.7. The molecule has 1 amide bonds. The molecule has 0 aliphatic carbocycles. The molecule has 162 valence electrons. The quantitative estimate of drug-likeness (QED) is 0.396. The number of nitrogens with one attached hydrogen (secondary N) is 1. The van der Waals surface area contributed by atoms with Crippen molar-refractivity contribution in [3.05, 3.63) is 120 Å².